The highest BCUT2D eigenvalue weighted by atomic mass is 19.1. The summed E-state index contributed by atoms with van der Waals surface area (Å²) < 4.78 is 26.4. The number of carbonyl (C=O) groups is 2. The number of rotatable bonds is 3. The van der Waals surface area contributed by atoms with Crippen LogP contribution in [0.3, 0.4) is 0 Å². The summed E-state index contributed by atoms with van der Waals surface area (Å²) in [4.78, 5) is 23.0. The molecule has 4 nitrogen and oxygen atoms in total. The Bertz CT molecular complexity index is 524. The van der Waals surface area contributed by atoms with Crippen molar-refractivity contribution in [2.75, 3.05) is 6.54 Å². The maximum absolute atomic E-state index is 13.6. The SMILES string of the molecule is CC(NC(=O)C1CCC(=O)NC1)c1ccc(F)cc1F. The number of nitrogens with one attached hydrogen (secondary N) is 2. The van der Waals surface area contributed by atoms with Gasteiger partial charge in [-0.3, -0.25) is 9.59 Å². The van der Waals surface area contributed by atoms with Crippen molar-refractivity contribution in [2.45, 2.75) is 25.8 Å². The van der Waals surface area contributed by atoms with Crippen molar-refractivity contribution in [2.24, 2.45) is 5.92 Å². The molecule has 1 aliphatic rings. The fraction of sp³-hybridized carbons (Fsp3) is 0.429. The zero-order valence-electron chi connectivity index (χ0n) is 11.1. The largest absolute Gasteiger partial charge is 0.355 e. The number of carbonyl (C=O) groups excluding carboxylic acids is 2. The van der Waals surface area contributed by atoms with E-state index in [4.69, 9.17) is 0 Å². The van der Waals surface area contributed by atoms with Crippen LogP contribution in [0.1, 0.15) is 31.4 Å². The summed E-state index contributed by atoms with van der Waals surface area (Å²) in [6.07, 6.45) is 0.799. The molecule has 1 saturated heterocycles. The van der Waals surface area contributed by atoms with Crippen LogP contribution in [0.15, 0.2) is 18.2 Å². The standard InChI is InChI=1S/C14H16F2N2O2/c1-8(11-4-3-10(15)6-12(11)16)18-14(20)9-2-5-13(19)17-7-9/h3-4,6,8-9H,2,5,7H2,1H3,(H,17,19)(H,18,20). The van der Waals surface area contributed by atoms with Crippen molar-refractivity contribution in [1.82, 2.24) is 10.6 Å². The fourth-order valence-corrected chi connectivity index (χ4v) is 2.22. The average Bonchev–Trinajstić information content (AvgIpc) is 2.39. The zero-order valence-corrected chi connectivity index (χ0v) is 11.1. The van der Waals surface area contributed by atoms with Crippen LogP contribution in [0.2, 0.25) is 0 Å². The Hall–Kier alpha value is -1.98. The Kier molecular flexibility index (Phi) is 4.32. The average molecular weight is 282 g/mol. The van der Waals surface area contributed by atoms with Gasteiger partial charge >= 0.3 is 0 Å². The predicted octanol–water partition coefficient (Wildman–Crippen LogP) is 1.67. The third kappa shape index (κ3) is 3.31. The van der Waals surface area contributed by atoms with Gasteiger partial charge in [0, 0.05) is 24.6 Å². The molecule has 20 heavy (non-hydrogen) atoms. The topological polar surface area (TPSA) is 58.2 Å². The summed E-state index contributed by atoms with van der Waals surface area (Å²) >= 11 is 0. The lowest BCUT2D eigenvalue weighted by Crippen LogP contribution is -2.43. The van der Waals surface area contributed by atoms with Gasteiger partial charge in [-0.25, -0.2) is 8.78 Å². The van der Waals surface area contributed by atoms with Gasteiger partial charge in [0.25, 0.3) is 0 Å². The number of benzene rings is 1. The molecule has 6 heteroatoms. The molecule has 2 unspecified atom stereocenters. The van der Waals surface area contributed by atoms with Crippen molar-refractivity contribution in [1.29, 1.82) is 0 Å². The number of hydrogen-bond donors (Lipinski definition) is 2. The maximum Gasteiger partial charge on any atom is 0.225 e. The molecule has 1 aromatic carbocycles. The quantitative estimate of drug-likeness (QED) is 0.886. The van der Waals surface area contributed by atoms with Crippen molar-refractivity contribution < 1.29 is 18.4 Å². The van der Waals surface area contributed by atoms with Crippen molar-refractivity contribution in [3.8, 4) is 0 Å². The van der Waals surface area contributed by atoms with Crippen LogP contribution in [-0.4, -0.2) is 18.4 Å². The first kappa shape index (κ1) is 14.4. The molecule has 0 radical (unpaired) electrons. The second-order valence-electron chi connectivity index (χ2n) is 4.94. The Morgan fingerprint density at radius 3 is 2.80 bits per heavy atom. The molecule has 0 aromatic heterocycles. The van der Waals surface area contributed by atoms with E-state index in [1.165, 1.54) is 6.07 Å². The highest BCUT2D eigenvalue weighted by Gasteiger charge is 2.26. The predicted molar refractivity (Wildman–Crippen MR) is 68.6 cm³/mol. The summed E-state index contributed by atoms with van der Waals surface area (Å²) in [5, 5.41) is 5.31. The highest BCUT2D eigenvalue weighted by Crippen LogP contribution is 2.19. The van der Waals surface area contributed by atoms with E-state index >= 15 is 0 Å². The van der Waals surface area contributed by atoms with Crippen LogP contribution in [0, 0.1) is 17.6 Å². The van der Waals surface area contributed by atoms with E-state index < -0.39 is 17.7 Å². The molecule has 0 spiro atoms. The minimum absolute atomic E-state index is 0.0633. The summed E-state index contributed by atoms with van der Waals surface area (Å²) in [7, 11) is 0. The summed E-state index contributed by atoms with van der Waals surface area (Å²) in [5.74, 6) is -1.94. The lowest BCUT2D eigenvalue weighted by molar-refractivity contribution is -0.129. The van der Waals surface area contributed by atoms with Gasteiger partial charge in [-0.2, -0.15) is 0 Å². The summed E-state index contributed by atoms with van der Waals surface area (Å²) in [6, 6.07) is 2.71. The van der Waals surface area contributed by atoms with Crippen LogP contribution in [-0.2, 0) is 9.59 Å². The maximum atomic E-state index is 13.6. The molecule has 0 saturated carbocycles. The van der Waals surface area contributed by atoms with Crippen molar-refractivity contribution >= 4 is 11.8 Å². The van der Waals surface area contributed by atoms with Gasteiger partial charge in [0.05, 0.1) is 12.0 Å². The molecule has 108 valence electrons. The third-order valence-corrected chi connectivity index (χ3v) is 3.42. The molecule has 1 heterocycles. The fourth-order valence-electron chi connectivity index (χ4n) is 2.22. The molecule has 0 bridgehead atoms. The van der Waals surface area contributed by atoms with Gasteiger partial charge in [0.15, 0.2) is 0 Å². The van der Waals surface area contributed by atoms with Crippen LogP contribution < -0.4 is 10.6 Å². The Labute approximate surface area is 115 Å². The van der Waals surface area contributed by atoms with E-state index in [-0.39, 0.29) is 23.3 Å². The number of hydrogen-bond acceptors (Lipinski definition) is 2. The molecule has 1 fully saturated rings. The number of amides is 2. The number of piperidine rings is 1. The van der Waals surface area contributed by atoms with E-state index in [2.05, 4.69) is 10.6 Å². The van der Waals surface area contributed by atoms with Crippen LogP contribution in [0.25, 0.3) is 0 Å². The van der Waals surface area contributed by atoms with Gasteiger partial charge in [-0.15, -0.1) is 0 Å². The Morgan fingerprint density at radius 2 is 2.20 bits per heavy atom. The van der Waals surface area contributed by atoms with E-state index in [0.717, 1.165) is 12.1 Å². The lowest BCUT2D eigenvalue weighted by atomic mass is 9.97. The molecule has 2 N–H and O–H groups in total. The highest BCUT2D eigenvalue weighted by molar-refractivity contribution is 5.83. The van der Waals surface area contributed by atoms with Crippen LogP contribution in [0.5, 0.6) is 0 Å². The monoisotopic (exact) mass is 282 g/mol. The van der Waals surface area contributed by atoms with Gasteiger partial charge in [0.2, 0.25) is 11.8 Å². The minimum Gasteiger partial charge on any atom is -0.355 e. The summed E-state index contributed by atoms with van der Waals surface area (Å²) in [5.41, 5.74) is 0.236. The van der Waals surface area contributed by atoms with Gasteiger partial charge in [-0.1, -0.05) is 6.07 Å². The van der Waals surface area contributed by atoms with Crippen LogP contribution >= 0.6 is 0 Å². The molecule has 2 amide bonds. The van der Waals surface area contributed by atoms with Gasteiger partial charge in [0.1, 0.15) is 11.6 Å². The van der Waals surface area contributed by atoms with Gasteiger partial charge < -0.3 is 10.6 Å². The van der Waals surface area contributed by atoms with E-state index in [9.17, 15) is 18.4 Å². The van der Waals surface area contributed by atoms with Gasteiger partial charge in [-0.05, 0) is 19.4 Å². The Balaban J connectivity index is 1.98. The molecule has 0 aliphatic carbocycles. The first-order chi connectivity index (χ1) is 9.47. The van der Waals surface area contributed by atoms with E-state index in [1.807, 2.05) is 0 Å². The second-order valence-corrected chi connectivity index (χ2v) is 4.94. The number of halogens is 2. The molecule has 2 rings (SSSR count). The Morgan fingerprint density at radius 1 is 1.45 bits per heavy atom. The molecular formula is C14H16F2N2O2. The molecule has 1 aliphatic heterocycles. The lowest BCUT2D eigenvalue weighted by Gasteiger charge is -2.24. The third-order valence-electron chi connectivity index (χ3n) is 3.42. The minimum atomic E-state index is -0.685. The molecule has 1 aromatic rings. The second kappa shape index (κ2) is 5.98. The smallest absolute Gasteiger partial charge is 0.225 e. The molecular weight excluding hydrogens is 266 g/mol. The van der Waals surface area contributed by atoms with Crippen molar-refractivity contribution in [3.63, 3.8) is 0 Å². The van der Waals surface area contributed by atoms with Crippen molar-refractivity contribution in [3.05, 3.63) is 35.4 Å². The first-order valence-corrected chi connectivity index (χ1v) is 6.49. The normalized spacial score (nSPS) is 20.1. The zero-order chi connectivity index (χ0) is 14.7. The summed E-state index contributed by atoms with van der Waals surface area (Å²) in [6.45, 7) is 1.93. The van der Waals surface area contributed by atoms with E-state index in [1.54, 1.807) is 6.92 Å². The first-order valence-electron chi connectivity index (χ1n) is 6.49. The van der Waals surface area contributed by atoms with E-state index in [0.29, 0.717) is 19.4 Å². The van der Waals surface area contributed by atoms with Crippen LogP contribution in [0.4, 0.5) is 8.78 Å². The molecule has 2 atom stereocenters.